The molecule has 0 aromatic carbocycles. The maximum absolute atomic E-state index is 11.8. The Morgan fingerprint density at radius 3 is 2.77 bits per heavy atom. The van der Waals surface area contributed by atoms with Crippen molar-refractivity contribution >= 4 is 11.8 Å². The molecular weight excluding hydrogens is 294 g/mol. The Balaban J connectivity index is 2.75. The zero-order valence-electron chi connectivity index (χ0n) is 12.9. The zero-order chi connectivity index (χ0) is 16.8. The van der Waals surface area contributed by atoms with Crippen molar-refractivity contribution in [1.82, 2.24) is 0 Å². The molecule has 1 aliphatic heterocycles. The lowest BCUT2D eigenvalue weighted by Gasteiger charge is -2.44. The van der Waals surface area contributed by atoms with E-state index in [9.17, 15) is 14.7 Å². The van der Waals surface area contributed by atoms with E-state index in [4.69, 9.17) is 19.7 Å². The topological polar surface area (TPSA) is 131 Å². The van der Waals surface area contributed by atoms with E-state index in [1.165, 1.54) is 21.0 Å². The second-order valence-electron chi connectivity index (χ2n) is 5.10. The molecule has 9 nitrogen and oxygen atoms in total. The number of hydrogen-bond donors (Lipinski definition) is 1. The molecule has 1 heterocycles. The van der Waals surface area contributed by atoms with Gasteiger partial charge in [0.05, 0.1) is 6.10 Å². The minimum atomic E-state index is -1.91. The fraction of sp³-hybridized carbons (Fsp3) is 0.846. The van der Waals surface area contributed by atoms with Crippen molar-refractivity contribution in [3.8, 4) is 0 Å². The summed E-state index contributed by atoms with van der Waals surface area (Å²) in [4.78, 5) is 26.2. The van der Waals surface area contributed by atoms with E-state index in [1.807, 2.05) is 0 Å². The predicted octanol–water partition coefficient (Wildman–Crippen LogP) is 1.09. The number of ether oxygens (including phenoxy) is 3. The number of nitrogens with zero attached hydrogens (tertiary/aromatic N) is 3. The van der Waals surface area contributed by atoms with Crippen molar-refractivity contribution < 1.29 is 28.9 Å². The summed E-state index contributed by atoms with van der Waals surface area (Å²) in [6.45, 7) is 2.91. The largest absolute Gasteiger partial charge is 0.458 e. The molecule has 9 heteroatoms. The van der Waals surface area contributed by atoms with Crippen LogP contribution >= 0.6 is 0 Å². The minimum Gasteiger partial charge on any atom is -0.458 e. The molecule has 0 spiro atoms. The number of rotatable bonds is 7. The fourth-order valence-corrected chi connectivity index (χ4v) is 2.36. The summed E-state index contributed by atoms with van der Waals surface area (Å²) in [5.74, 6) is -1.12. The van der Waals surface area contributed by atoms with Crippen molar-refractivity contribution in [2.75, 3.05) is 13.7 Å². The number of carbonyl (C=O) groups is 2. The first-order chi connectivity index (χ1) is 10.4. The van der Waals surface area contributed by atoms with Crippen LogP contribution in [0.2, 0.25) is 0 Å². The molecule has 0 bridgehead atoms. The van der Waals surface area contributed by atoms with E-state index < -0.39 is 35.9 Å². The third-order valence-electron chi connectivity index (χ3n) is 3.68. The Kier molecular flexibility index (Phi) is 6.76. The molecule has 0 unspecified atom stereocenters. The fourth-order valence-electron chi connectivity index (χ4n) is 2.36. The van der Waals surface area contributed by atoms with Gasteiger partial charge < -0.3 is 19.3 Å². The standard InChI is InChI=1S/C13H21N3O6/c1-8(17)13(19)9(2)21-12(20-3)7-10(13)22-11(18)5-4-6-15-16-14/h9-10,12,19H,4-7H2,1-3H3/t9-,10+,12+,13+/m0/s1. The van der Waals surface area contributed by atoms with Crippen molar-refractivity contribution in [2.45, 2.75) is 57.2 Å². The quantitative estimate of drug-likeness (QED) is 0.246. The molecule has 0 amide bonds. The van der Waals surface area contributed by atoms with Crippen molar-refractivity contribution in [2.24, 2.45) is 5.11 Å². The highest BCUT2D eigenvalue weighted by atomic mass is 16.7. The molecule has 0 aromatic rings. The molecule has 0 aromatic heterocycles. The molecular formula is C13H21N3O6. The van der Waals surface area contributed by atoms with Gasteiger partial charge in [-0.2, -0.15) is 0 Å². The van der Waals surface area contributed by atoms with Gasteiger partial charge >= 0.3 is 5.97 Å². The van der Waals surface area contributed by atoms with E-state index >= 15 is 0 Å². The van der Waals surface area contributed by atoms with Crippen LogP contribution in [0.1, 0.15) is 33.1 Å². The zero-order valence-corrected chi connectivity index (χ0v) is 12.9. The number of aliphatic hydroxyl groups is 1. The molecule has 1 saturated heterocycles. The highest BCUT2D eigenvalue weighted by Gasteiger charge is 2.54. The van der Waals surface area contributed by atoms with Gasteiger partial charge in [-0.15, -0.1) is 0 Å². The third kappa shape index (κ3) is 4.17. The first-order valence-electron chi connectivity index (χ1n) is 6.98. The van der Waals surface area contributed by atoms with Crippen LogP contribution in [0.3, 0.4) is 0 Å². The molecule has 1 fully saturated rings. The molecule has 1 aliphatic rings. The smallest absolute Gasteiger partial charge is 0.306 e. The second-order valence-corrected chi connectivity index (χ2v) is 5.10. The third-order valence-corrected chi connectivity index (χ3v) is 3.68. The minimum absolute atomic E-state index is 0.0242. The number of methoxy groups -OCH3 is 1. The van der Waals surface area contributed by atoms with Crippen LogP contribution in [0, 0.1) is 0 Å². The van der Waals surface area contributed by atoms with Gasteiger partial charge in [0.2, 0.25) is 0 Å². The Morgan fingerprint density at radius 1 is 1.55 bits per heavy atom. The summed E-state index contributed by atoms with van der Waals surface area (Å²) in [5.41, 5.74) is 6.24. The van der Waals surface area contributed by atoms with Gasteiger partial charge in [-0.05, 0) is 25.8 Å². The average Bonchev–Trinajstić information content (AvgIpc) is 2.47. The molecule has 1 rings (SSSR count). The Hall–Kier alpha value is -1.67. The van der Waals surface area contributed by atoms with Crippen LogP contribution in [0.4, 0.5) is 0 Å². The van der Waals surface area contributed by atoms with Crippen molar-refractivity contribution in [3.63, 3.8) is 0 Å². The van der Waals surface area contributed by atoms with E-state index in [2.05, 4.69) is 10.0 Å². The van der Waals surface area contributed by atoms with Gasteiger partial charge in [0, 0.05) is 31.4 Å². The van der Waals surface area contributed by atoms with Crippen LogP contribution in [0.25, 0.3) is 10.4 Å². The Labute approximate surface area is 128 Å². The molecule has 22 heavy (non-hydrogen) atoms. The molecule has 124 valence electrons. The molecule has 4 atom stereocenters. The van der Waals surface area contributed by atoms with E-state index in [-0.39, 0.29) is 19.4 Å². The lowest BCUT2D eigenvalue weighted by Crippen LogP contribution is -2.63. The van der Waals surface area contributed by atoms with Gasteiger partial charge in [-0.3, -0.25) is 9.59 Å². The van der Waals surface area contributed by atoms with Gasteiger partial charge in [-0.1, -0.05) is 5.11 Å². The number of azide groups is 1. The van der Waals surface area contributed by atoms with E-state index in [1.54, 1.807) is 0 Å². The summed E-state index contributed by atoms with van der Waals surface area (Å²) in [6, 6.07) is 0. The lowest BCUT2D eigenvalue weighted by atomic mass is 9.83. The maximum Gasteiger partial charge on any atom is 0.306 e. The van der Waals surface area contributed by atoms with Gasteiger partial charge in [-0.25, -0.2) is 0 Å². The molecule has 0 aliphatic carbocycles. The normalized spacial score (nSPS) is 31.2. The second kappa shape index (κ2) is 8.09. The first kappa shape index (κ1) is 18.4. The summed E-state index contributed by atoms with van der Waals surface area (Å²) >= 11 is 0. The number of hydrogen-bond acceptors (Lipinski definition) is 7. The summed E-state index contributed by atoms with van der Waals surface area (Å²) in [7, 11) is 1.42. The summed E-state index contributed by atoms with van der Waals surface area (Å²) < 4.78 is 15.7. The van der Waals surface area contributed by atoms with Crippen LogP contribution in [0.5, 0.6) is 0 Å². The average molecular weight is 315 g/mol. The van der Waals surface area contributed by atoms with E-state index in [0.717, 1.165) is 0 Å². The van der Waals surface area contributed by atoms with Crippen molar-refractivity contribution in [1.29, 1.82) is 0 Å². The molecule has 0 radical (unpaired) electrons. The number of ketones is 1. The van der Waals surface area contributed by atoms with Gasteiger partial charge in [0.1, 0.15) is 6.10 Å². The van der Waals surface area contributed by atoms with E-state index in [0.29, 0.717) is 6.42 Å². The van der Waals surface area contributed by atoms with Crippen LogP contribution < -0.4 is 0 Å². The molecule has 0 saturated carbocycles. The van der Waals surface area contributed by atoms with Gasteiger partial charge in [0.15, 0.2) is 17.7 Å². The molecule has 1 N–H and O–H groups in total. The van der Waals surface area contributed by atoms with Crippen molar-refractivity contribution in [3.05, 3.63) is 10.4 Å². The van der Waals surface area contributed by atoms with Crippen LogP contribution in [-0.2, 0) is 23.8 Å². The summed E-state index contributed by atoms with van der Waals surface area (Å²) in [5, 5.41) is 13.9. The Bertz CT molecular complexity index is 465. The highest BCUT2D eigenvalue weighted by molar-refractivity contribution is 5.86. The first-order valence-corrected chi connectivity index (χ1v) is 6.98. The van der Waals surface area contributed by atoms with Crippen LogP contribution in [-0.4, -0.2) is 54.6 Å². The lowest BCUT2D eigenvalue weighted by molar-refractivity contribution is -0.270. The Morgan fingerprint density at radius 2 is 2.23 bits per heavy atom. The highest BCUT2D eigenvalue weighted by Crippen LogP contribution is 2.33. The maximum atomic E-state index is 11.8. The van der Waals surface area contributed by atoms with Gasteiger partial charge in [0.25, 0.3) is 0 Å². The summed E-state index contributed by atoms with van der Waals surface area (Å²) in [6.07, 6.45) is -2.19. The number of Topliss-reactive ketones (excluding diaryl/α,β-unsaturated/α-hetero) is 1. The number of carbonyl (C=O) groups excluding carboxylic acids is 2. The monoisotopic (exact) mass is 315 g/mol. The number of esters is 1. The van der Waals surface area contributed by atoms with Crippen LogP contribution in [0.15, 0.2) is 5.11 Å². The predicted molar refractivity (Wildman–Crippen MR) is 74.7 cm³/mol. The SMILES string of the molecule is CO[C@H]1C[C@@H](OC(=O)CCCN=[N+]=[N-])[C@@](O)(C(C)=O)[C@H](C)O1.